The maximum Gasteiger partial charge on any atom is 0.410 e. The molecule has 1 aromatic carbocycles. The Balaban J connectivity index is 2.04. The van der Waals surface area contributed by atoms with Crippen LogP contribution in [0.25, 0.3) is 0 Å². The van der Waals surface area contributed by atoms with Gasteiger partial charge in [-0.1, -0.05) is 17.3 Å². The van der Waals surface area contributed by atoms with Crippen LogP contribution in [-0.4, -0.2) is 58.7 Å². The molecule has 1 aliphatic rings. The number of hydrogen-bond donors (Lipinski definition) is 2. The number of nitrogens with two attached hydrogens (primary N) is 1. The topological polar surface area (TPSA) is 91.4 Å². The zero-order valence-corrected chi connectivity index (χ0v) is 14.9. The first-order valence-electron chi connectivity index (χ1n) is 8.05. The summed E-state index contributed by atoms with van der Waals surface area (Å²) in [5, 5.41) is 12.2. The first-order chi connectivity index (χ1) is 11.6. The van der Waals surface area contributed by atoms with Crippen LogP contribution in [-0.2, 0) is 4.74 Å². The molecule has 1 fully saturated rings. The van der Waals surface area contributed by atoms with Gasteiger partial charge in [-0.05, 0) is 38.5 Å². The molecule has 1 saturated heterocycles. The number of halogens is 1. The van der Waals surface area contributed by atoms with Crippen LogP contribution in [0, 0.1) is 5.82 Å². The summed E-state index contributed by atoms with van der Waals surface area (Å²) >= 11 is 0. The first-order valence-corrected chi connectivity index (χ1v) is 8.05. The minimum atomic E-state index is -0.556. The van der Waals surface area contributed by atoms with Gasteiger partial charge in [-0.25, -0.2) is 9.18 Å². The summed E-state index contributed by atoms with van der Waals surface area (Å²) in [4.78, 5) is 15.6. The van der Waals surface area contributed by atoms with Gasteiger partial charge in [0.05, 0.1) is 12.1 Å². The fourth-order valence-corrected chi connectivity index (χ4v) is 2.70. The largest absolute Gasteiger partial charge is 0.444 e. The van der Waals surface area contributed by atoms with Crippen molar-refractivity contribution in [2.75, 3.05) is 20.1 Å². The number of amides is 1. The van der Waals surface area contributed by atoms with Crippen LogP contribution in [0.2, 0.25) is 0 Å². The molecule has 0 aliphatic carbocycles. The molecule has 7 nitrogen and oxygen atoms in total. The molecule has 25 heavy (non-hydrogen) atoms. The third-order valence-electron chi connectivity index (χ3n) is 4.07. The van der Waals surface area contributed by atoms with E-state index in [0.717, 1.165) is 5.56 Å². The first kappa shape index (κ1) is 19.0. The SMILES string of the molecule is CN(C(=O)OC(C)(C)C)C1CN([C@H](C(N)=NO)c2ccc(F)cc2)C1. The van der Waals surface area contributed by atoms with Crippen molar-refractivity contribution in [3.63, 3.8) is 0 Å². The summed E-state index contributed by atoms with van der Waals surface area (Å²) < 4.78 is 18.5. The fourth-order valence-electron chi connectivity index (χ4n) is 2.70. The molecular formula is C17H25FN4O3. The van der Waals surface area contributed by atoms with Crippen LogP contribution >= 0.6 is 0 Å². The lowest BCUT2D eigenvalue weighted by atomic mass is 9.97. The number of likely N-dealkylation sites (N-methyl/N-ethyl adjacent to an activating group) is 1. The second-order valence-electron chi connectivity index (χ2n) is 7.18. The van der Waals surface area contributed by atoms with Crippen molar-refractivity contribution in [2.24, 2.45) is 10.9 Å². The highest BCUT2D eigenvalue weighted by molar-refractivity contribution is 5.86. The Bertz CT molecular complexity index is 636. The number of carbonyl (C=O) groups excluding carboxylic acids is 1. The molecule has 0 bridgehead atoms. The van der Waals surface area contributed by atoms with Crippen molar-refractivity contribution in [3.05, 3.63) is 35.6 Å². The van der Waals surface area contributed by atoms with E-state index in [-0.39, 0.29) is 23.8 Å². The highest BCUT2D eigenvalue weighted by atomic mass is 19.1. The molecule has 1 aromatic rings. The summed E-state index contributed by atoms with van der Waals surface area (Å²) in [7, 11) is 1.69. The average Bonchev–Trinajstić information content (AvgIpc) is 2.48. The Kier molecular flexibility index (Phi) is 5.52. The molecule has 8 heteroatoms. The van der Waals surface area contributed by atoms with E-state index in [2.05, 4.69) is 5.16 Å². The van der Waals surface area contributed by atoms with Gasteiger partial charge in [-0.3, -0.25) is 4.90 Å². The molecule has 0 unspecified atom stereocenters. The highest BCUT2D eigenvalue weighted by Crippen LogP contribution is 2.28. The van der Waals surface area contributed by atoms with Gasteiger partial charge < -0.3 is 20.6 Å². The standard InChI is InChI=1S/C17H25FN4O3/c1-17(2,3)25-16(23)21(4)13-9-22(10-13)14(15(19)20-24)11-5-7-12(18)8-6-11/h5-8,13-14,24H,9-10H2,1-4H3,(H2,19,20)/t14-/m0/s1. The fraction of sp³-hybridized carbons (Fsp3) is 0.529. The predicted molar refractivity (Wildman–Crippen MR) is 91.9 cm³/mol. The molecular weight excluding hydrogens is 327 g/mol. The van der Waals surface area contributed by atoms with E-state index in [9.17, 15) is 9.18 Å². The van der Waals surface area contributed by atoms with Crippen LogP contribution in [0.5, 0.6) is 0 Å². The van der Waals surface area contributed by atoms with Crippen molar-refractivity contribution in [3.8, 4) is 0 Å². The second kappa shape index (κ2) is 7.26. The maximum absolute atomic E-state index is 13.1. The number of likely N-dealkylation sites (tertiary alicyclic amines) is 1. The van der Waals surface area contributed by atoms with Crippen LogP contribution in [0.15, 0.2) is 29.4 Å². The van der Waals surface area contributed by atoms with Crippen LogP contribution in [0.4, 0.5) is 9.18 Å². The van der Waals surface area contributed by atoms with E-state index < -0.39 is 11.6 Å². The molecule has 1 atom stereocenters. The Labute approximate surface area is 146 Å². The summed E-state index contributed by atoms with van der Waals surface area (Å²) in [5.74, 6) is -0.335. The summed E-state index contributed by atoms with van der Waals surface area (Å²) in [6.45, 7) is 6.51. The number of carbonyl (C=O) groups is 1. The van der Waals surface area contributed by atoms with Gasteiger partial charge in [0.1, 0.15) is 11.4 Å². The van der Waals surface area contributed by atoms with Crippen molar-refractivity contribution in [1.82, 2.24) is 9.80 Å². The third kappa shape index (κ3) is 4.60. The van der Waals surface area contributed by atoms with E-state index in [1.54, 1.807) is 24.1 Å². The molecule has 1 amide bonds. The number of amidine groups is 1. The van der Waals surface area contributed by atoms with Crippen molar-refractivity contribution < 1.29 is 19.1 Å². The second-order valence-corrected chi connectivity index (χ2v) is 7.18. The molecule has 0 aromatic heterocycles. The van der Waals surface area contributed by atoms with E-state index in [1.807, 2.05) is 25.7 Å². The number of rotatable bonds is 4. The van der Waals surface area contributed by atoms with Gasteiger partial charge in [0.25, 0.3) is 0 Å². The smallest absolute Gasteiger partial charge is 0.410 e. The predicted octanol–water partition coefficient (Wildman–Crippen LogP) is 2.16. The summed E-state index contributed by atoms with van der Waals surface area (Å²) in [5.41, 5.74) is 5.98. The van der Waals surface area contributed by atoms with E-state index in [4.69, 9.17) is 15.7 Å². The third-order valence-corrected chi connectivity index (χ3v) is 4.07. The summed E-state index contributed by atoms with van der Waals surface area (Å²) in [6, 6.07) is 5.35. The van der Waals surface area contributed by atoms with Gasteiger partial charge in [0, 0.05) is 20.1 Å². The minimum absolute atomic E-state index is 0.0185. The Hall–Kier alpha value is -2.35. The number of ether oxygens (including phenoxy) is 1. The number of oxime groups is 1. The average molecular weight is 352 g/mol. The minimum Gasteiger partial charge on any atom is -0.444 e. The molecule has 138 valence electrons. The van der Waals surface area contributed by atoms with Gasteiger partial charge in [0.15, 0.2) is 5.84 Å². The normalized spacial score (nSPS) is 17.7. The summed E-state index contributed by atoms with van der Waals surface area (Å²) in [6.07, 6.45) is -0.390. The zero-order chi connectivity index (χ0) is 18.8. The van der Waals surface area contributed by atoms with Gasteiger partial charge in [0.2, 0.25) is 0 Å². The molecule has 1 heterocycles. The van der Waals surface area contributed by atoms with Gasteiger partial charge >= 0.3 is 6.09 Å². The van der Waals surface area contributed by atoms with Crippen LogP contribution in [0.1, 0.15) is 32.4 Å². The van der Waals surface area contributed by atoms with Gasteiger partial charge in [-0.15, -0.1) is 0 Å². The molecule has 0 radical (unpaired) electrons. The number of hydrogen-bond acceptors (Lipinski definition) is 5. The maximum atomic E-state index is 13.1. The Morgan fingerprint density at radius 3 is 2.44 bits per heavy atom. The molecule has 3 N–H and O–H groups in total. The van der Waals surface area contributed by atoms with E-state index in [0.29, 0.717) is 13.1 Å². The number of nitrogens with zero attached hydrogens (tertiary/aromatic N) is 3. The number of benzene rings is 1. The van der Waals surface area contributed by atoms with Crippen molar-refractivity contribution >= 4 is 11.9 Å². The van der Waals surface area contributed by atoms with Crippen molar-refractivity contribution in [2.45, 2.75) is 38.5 Å². The molecule has 2 rings (SSSR count). The van der Waals surface area contributed by atoms with Gasteiger partial charge in [-0.2, -0.15) is 0 Å². The Morgan fingerprint density at radius 2 is 1.96 bits per heavy atom. The Morgan fingerprint density at radius 1 is 1.40 bits per heavy atom. The highest BCUT2D eigenvalue weighted by Gasteiger charge is 2.39. The lowest BCUT2D eigenvalue weighted by Crippen LogP contribution is -2.62. The van der Waals surface area contributed by atoms with E-state index >= 15 is 0 Å². The van der Waals surface area contributed by atoms with Crippen LogP contribution in [0.3, 0.4) is 0 Å². The quantitative estimate of drug-likeness (QED) is 0.375. The van der Waals surface area contributed by atoms with Crippen LogP contribution < -0.4 is 5.73 Å². The van der Waals surface area contributed by atoms with Crippen molar-refractivity contribution in [1.29, 1.82) is 0 Å². The monoisotopic (exact) mass is 352 g/mol. The molecule has 1 aliphatic heterocycles. The molecule has 0 saturated carbocycles. The zero-order valence-electron chi connectivity index (χ0n) is 14.9. The lowest BCUT2D eigenvalue weighted by Gasteiger charge is -2.47. The molecule has 0 spiro atoms. The van der Waals surface area contributed by atoms with E-state index in [1.165, 1.54) is 12.1 Å². The lowest BCUT2D eigenvalue weighted by molar-refractivity contribution is -0.00894.